The highest BCUT2D eigenvalue weighted by Gasteiger charge is 2.33. The Labute approximate surface area is 257 Å². The molecule has 0 bridgehead atoms. The Morgan fingerprint density at radius 1 is 0.955 bits per heavy atom. The van der Waals surface area contributed by atoms with Crippen molar-refractivity contribution in [1.82, 2.24) is 10.2 Å². The van der Waals surface area contributed by atoms with E-state index in [0.717, 1.165) is 10.4 Å². The molecule has 3 rings (SSSR count). The summed E-state index contributed by atoms with van der Waals surface area (Å²) in [6.07, 6.45) is 0.678. The van der Waals surface area contributed by atoms with Crippen LogP contribution in [0.25, 0.3) is 0 Å². The molecule has 0 aromatic heterocycles. The van der Waals surface area contributed by atoms with E-state index in [-0.39, 0.29) is 34.4 Å². The van der Waals surface area contributed by atoms with E-state index in [1.807, 2.05) is 13.8 Å². The molecule has 0 saturated heterocycles. The first-order valence-electron chi connectivity index (χ1n) is 14.0. The first-order chi connectivity index (χ1) is 20.8. The molecule has 0 aliphatic rings. The number of anilines is 1. The van der Waals surface area contributed by atoms with Crippen molar-refractivity contribution in [2.45, 2.75) is 57.6 Å². The fraction of sp³-hybridized carbons (Fsp3) is 0.355. The first kappa shape index (κ1) is 33.8. The van der Waals surface area contributed by atoms with E-state index in [2.05, 4.69) is 5.32 Å². The highest BCUT2D eigenvalue weighted by molar-refractivity contribution is 7.92. The maximum atomic E-state index is 14.1. The number of ether oxygens (including phenoxy) is 2. The van der Waals surface area contributed by atoms with E-state index < -0.39 is 39.3 Å². The Hall–Kier alpha value is -4.65. The summed E-state index contributed by atoms with van der Waals surface area (Å²) in [6, 6.07) is 15.4. The lowest BCUT2D eigenvalue weighted by Crippen LogP contribution is -2.52. The molecule has 12 nitrogen and oxygen atoms in total. The van der Waals surface area contributed by atoms with Gasteiger partial charge >= 0.3 is 0 Å². The molecule has 13 heteroatoms. The summed E-state index contributed by atoms with van der Waals surface area (Å²) in [7, 11) is -1.51. The molecular formula is C31H38N4O8S. The molecule has 1 N–H and O–H groups in total. The fourth-order valence-corrected chi connectivity index (χ4v) is 5.76. The molecule has 2 atom stereocenters. The monoisotopic (exact) mass is 626 g/mol. The molecule has 3 aromatic carbocycles. The van der Waals surface area contributed by atoms with Crippen molar-refractivity contribution in [3.63, 3.8) is 0 Å². The molecule has 0 aliphatic heterocycles. The summed E-state index contributed by atoms with van der Waals surface area (Å²) >= 11 is 0. The number of nitrogens with one attached hydrogen (secondary N) is 1. The molecule has 0 saturated carbocycles. The molecule has 44 heavy (non-hydrogen) atoms. The smallest absolute Gasteiger partial charge is 0.273 e. The third-order valence-corrected chi connectivity index (χ3v) is 9.05. The van der Waals surface area contributed by atoms with Gasteiger partial charge in [0.15, 0.2) is 0 Å². The Morgan fingerprint density at radius 3 is 2.05 bits per heavy atom. The molecule has 0 heterocycles. The molecule has 0 unspecified atom stereocenters. The minimum Gasteiger partial charge on any atom is -0.497 e. The zero-order valence-corrected chi connectivity index (χ0v) is 26.5. The molecule has 3 aromatic rings. The van der Waals surface area contributed by atoms with Gasteiger partial charge in [-0.2, -0.15) is 0 Å². The standard InChI is InChI=1S/C31H38N4O8S/c1-7-22(3)32-31(37)23(4)33(19-24-9-13-26(42-5)14-10-24)30(36)20-34(25-11-15-27(43-6)16-12-25)44(40,41)28-17-8-21(2)29(18-28)35(38)39/h8-18,22-23H,7,19-20H2,1-6H3,(H,32,37)/t22-,23+/m0/s1. The Kier molecular flexibility index (Phi) is 11.3. The van der Waals surface area contributed by atoms with Crippen molar-refractivity contribution in [3.05, 3.63) is 88.0 Å². The summed E-state index contributed by atoms with van der Waals surface area (Å²) in [5.41, 5.74) is 0.732. The summed E-state index contributed by atoms with van der Waals surface area (Å²) in [4.78, 5) is 39.2. The summed E-state index contributed by atoms with van der Waals surface area (Å²) in [5.74, 6) is 0.0147. The van der Waals surface area contributed by atoms with E-state index in [9.17, 15) is 28.1 Å². The molecular weight excluding hydrogens is 588 g/mol. The van der Waals surface area contributed by atoms with Gasteiger partial charge in [-0.3, -0.25) is 24.0 Å². The molecule has 0 aliphatic carbocycles. The van der Waals surface area contributed by atoms with Gasteiger partial charge in [0, 0.05) is 24.2 Å². The quantitative estimate of drug-likeness (QED) is 0.204. The van der Waals surface area contributed by atoms with Gasteiger partial charge in [-0.25, -0.2) is 8.42 Å². The van der Waals surface area contributed by atoms with Crippen LogP contribution in [0.2, 0.25) is 0 Å². The lowest BCUT2D eigenvalue weighted by Gasteiger charge is -2.32. The Balaban J connectivity index is 2.08. The zero-order valence-electron chi connectivity index (χ0n) is 25.6. The van der Waals surface area contributed by atoms with E-state index in [1.165, 1.54) is 62.4 Å². The van der Waals surface area contributed by atoms with E-state index in [1.54, 1.807) is 31.2 Å². The van der Waals surface area contributed by atoms with Gasteiger partial charge < -0.3 is 19.7 Å². The predicted octanol–water partition coefficient (Wildman–Crippen LogP) is 4.45. The van der Waals surface area contributed by atoms with Crippen molar-refractivity contribution in [2.24, 2.45) is 0 Å². The number of rotatable bonds is 14. The van der Waals surface area contributed by atoms with Gasteiger partial charge in [0.05, 0.1) is 29.7 Å². The van der Waals surface area contributed by atoms with Crippen LogP contribution in [0.1, 0.15) is 38.3 Å². The minimum atomic E-state index is -4.50. The van der Waals surface area contributed by atoms with Gasteiger partial charge in [-0.15, -0.1) is 0 Å². The van der Waals surface area contributed by atoms with Crippen molar-refractivity contribution in [2.75, 3.05) is 25.1 Å². The normalized spacial score (nSPS) is 12.5. The number of hydrogen-bond acceptors (Lipinski definition) is 8. The summed E-state index contributed by atoms with van der Waals surface area (Å²) in [5, 5.41) is 14.5. The van der Waals surface area contributed by atoms with Gasteiger partial charge in [-0.05, 0) is 75.2 Å². The number of sulfonamides is 1. The van der Waals surface area contributed by atoms with Crippen LogP contribution in [0.5, 0.6) is 11.5 Å². The van der Waals surface area contributed by atoms with Crippen molar-refractivity contribution < 1.29 is 32.4 Å². The summed E-state index contributed by atoms with van der Waals surface area (Å²) in [6.45, 7) is 6.16. The summed E-state index contributed by atoms with van der Waals surface area (Å²) < 4.78 is 39.4. The van der Waals surface area contributed by atoms with Crippen LogP contribution in [0.4, 0.5) is 11.4 Å². The highest BCUT2D eigenvalue weighted by Crippen LogP contribution is 2.29. The number of benzene rings is 3. The number of aryl methyl sites for hydroxylation is 1. The van der Waals surface area contributed by atoms with E-state index in [4.69, 9.17) is 9.47 Å². The SMILES string of the molecule is CC[C@H](C)NC(=O)[C@@H](C)N(Cc1ccc(OC)cc1)C(=O)CN(c1ccc(OC)cc1)S(=O)(=O)c1ccc(C)c([N+](=O)[O-])c1. The third kappa shape index (κ3) is 8.04. The number of carbonyl (C=O) groups is 2. The average molecular weight is 627 g/mol. The van der Waals surface area contributed by atoms with Crippen molar-refractivity contribution >= 4 is 33.2 Å². The van der Waals surface area contributed by atoms with Crippen LogP contribution in [-0.4, -0.2) is 62.9 Å². The first-order valence-corrected chi connectivity index (χ1v) is 15.4. The van der Waals surface area contributed by atoms with Crippen LogP contribution < -0.4 is 19.1 Å². The van der Waals surface area contributed by atoms with Crippen molar-refractivity contribution in [1.29, 1.82) is 0 Å². The maximum Gasteiger partial charge on any atom is 0.273 e. The average Bonchev–Trinajstić information content (AvgIpc) is 3.02. The molecule has 0 spiro atoms. The topological polar surface area (TPSA) is 148 Å². The number of hydrogen-bond donors (Lipinski definition) is 1. The van der Waals surface area contributed by atoms with Gasteiger partial charge in [0.25, 0.3) is 15.7 Å². The Bertz CT molecular complexity index is 1580. The number of nitro groups is 1. The van der Waals surface area contributed by atoms with Gasteiger partial charge in [0.1, 0.15) is 24.1 Å². The maximum absolute atomic E-state index is 14.1. The van der Waals surface area contributed by atoms with Crippen LogP contribution in [0.15, 0.2) is 71.6 Å². The van der Waals surface area contributed by atoms with Crippen LogP contribution in [0.3, 0.4) is 0 Å². The number of nitrogens with zero attached hydrogens (tertiary/aromatic N) is 3. The molecule has 2 amide bonds. The minimum absolute atomic E-state index is 0.00439. The lowest BCUT2D eigenvalue weighted by atomic mass is 10.1. The van der Waals surface area contributed by atoms with Crippen LogP contribution >= 0.6 is 0 Å². The second kappa shape index (κ2) is 14.7. The van der Waals surface area contributed by atoms with Crippen LogP contribution in [0, 0.1) is 17.0 Å². The van der Waals surface area contributed by atoms with E-state index >= 15 is 0 Å². The number of amides is 2. The molecule has 0 radical (unpaired) electrons. The number of methoxy groups -OCH3 is 2. The number of nitro benzene ring substituents is 1. The fourth-order valence-electron chi connectivity index (χ4n) is 4.33. The van der Waals surface area contributed by atoms with E-state index in [0.29, 0.717) is 23.5 Å². The second-order valence-corrected chi connectivity index (χ2v) is 12.1. The zero-order chi connectivity index (χ0) is 32.6. The van der Waals surface area contributed by atoms with Crippen LogP contribution in [-0.2, 0) is 26.2 Å². The van der Waals surface area contributed by atoms with Gasteiger partial charge in [-0.1, -0.05) is 25.1 Å². The third-order valence-electron chi connectivity index (χ3n) is 7.28. The molecule has 236 valence electrons. The highest BCUT2D eigenvalue weighted by atomic mass is 32.2. The van der Waals surface area contributed by atoms with Crippen molar-refractivity contribution in [3.8, 4) is 11.5 Å². The lowest BCUT2D eigenvalue weighted by molar-refractivity contribution is -0.385. The molecule has 0 fully saturated rings. The Morgan fingerprint density at radius 2 is 1.52 bits per heavy atom. The second-order valence-electron chi connectivity index (χ2n) is 10.3. The largest absolute Gasteiger partial charge is 0.497 e. The number of carbonyl (C=O) groups excluding carboxylic acids is 2. The van der Waals surface area contributed by atoms with Gasteiger partial charge in [0.2, 0.25) is 11.8 Å². The predicted molar refractivity (Wildman–Crippen MR) is 166 cm³/mol.